The van der Waals surface area contributed by atoms with Gasteiger partial charge in [-0.05, 0) is 18.1 Å². The summed E-state index contributed by atoms with van der Waals surface area (Å²) in [7, 11) is 0. The van der Waals surface area contributed by atoms with Crippen LogP contribution in [0.5, 0.6) is 0 Å². The van der Waals surface area contributed by atoms with Gasteiger partial charge in [0.15, 0.2) is 5.58 Å². The number of nitrogens with zero attached hydrogens (tertiary/aromatic N) is 1. The lowest BCUT2D eigenvalue weighted by Gasteiger charge is -2.18. The Morgan fingerprint density at radius 2 is 2.15 bits per heavy atom. The second-order valence-electron chi connectivity index (χ2n) is 5.25. The van der Waals surface area contributed by atoms with Crippen LogP contribution in [0, 0.1) is 0 Å². The van der Waals surface area contributed by atoms with Crippen molar-refractivity contribution in [1.29, 1.82) is 0 Å². The van der Waals surface area contributed by atoms with E-state index < -0.39 is 5.92 Å². The lowest BCUT2D eigenvalue weighted by molar-refractivity contribution is -0.134. The predicted molar refractivity (Wildman–Crippen MR) is 69.7 cm³/mol. The van der Waals surface area contributed by atoms with Crippen molar-refractivity contribution in [3.63, 3.8) is 0 Å². The van der Waals surface area contributed by atoms with Crippen LogP contribution in [0.15, 0.2) is 16.7 Å². The topological polar surface area (TPSA) is 84.2 Å². The van der Waals surface area contributed by atoms with Crippen LogP contribution in [0.2, 0.25) is 0 Å². The van der Waals surface area contributed by atoms with Crippen molar-refractivity contribution in [3.05, 3.63) is 29.0 Å². The van der Waals surface area contributed by atoms with E-state index in [-0.39, 0.29) is 11.8 Å². The third-order valence-electron chi connectivity index (χ3n) is 4.06. The second kappa shape index (κ2) is 4.14. The van der Waals surface area contributed by atoms with Crippen molar-refractivity contribution in [3.8, 4) is 0 Å². The molecule has 1 aromatic heterocycles. The highest BCUT2D eigenvalue weighted by atomic mass is 16.5. The molecule has 2 amide bonds. The highest BCUT2D eigenvalue weighted by molar-refractivity contribution is 6.02. The zero-order valence-corrected chi connectivity index (χ0v) is 10.7. The number of nitrogens with one attached hydrogen (secondary N) is 2. The van der Waals surface area contributed by atoms with Crippen LogP contribution in [0.25, 0.3) is 11.0 Å². The third-order valence-corrected chi connectivity index (χ3v) is 4.06. The van der Waals surface area contributed by atoms with Gasteiger partial charge in [0.1, 0.15) is 5.69 Å². The highest BCUT2D eigenvalue weighted by Gasteiger charge is 2.32. The molecule has 0 spiro atoms. The molecule has 6 nitrogen and oxygen atoms in total. The van der Waals surface area contributed by atoms with Gasteiger partial charge in [0, 0.05) is 30.5 Å². The fourth-order valence-electron chi connectivity index (χ4n) is 3.01. The molecule has 0 saturated carbocycles. The maximum absolute atomic E-state index is 12.0. The Morgan fingerprint density at radius 1 is 1.25 bits per heavy atom. The minimum atomic E-state index is -0.402. The Bertz CT molecular complexity index is 735. The van der Waals surface area contributed by atoms with E-state index in [1.165, 1.54) is 5.56 Å². The van der Waals surface area contributed by atoms with Gasteiger partial charge < -0.3 is 9.84 Å². The number of fused-ring (bicyclic) bond motifs is 3. The summed E-state index contributed by atoms with van der Waals surface area (Å²) in [5.41, 5.74) is 3.73. The molecule has 2 aliphatic heterocycles. The predicted octanol–water partition coefficient (Wildman–Crippen LogP) is 0.951. The summed E-state index contributed by atoms with van der Waals surface area (Å²) >= 11 is 0. The molecule has 2 aromatic rings. The SMILES string of the molecule is O=C1CCC(c2noc3c4c(ccc23)CNC4)C(=O)N1. The van der Waals surface area contributed by atoms with Crippen molar-refractivity contribution in [1.82, 2.24) is 15.8 Å². The number of benzene rings is 1. The van der Waals surface area contributed by atoms with Gasteiger partial charge in [0.2, 0.25) is 11.8 Å². The monoisotopic (exact) mass is 271 g/mol. The number of carbonyl (C=O) groups is 2. The van der Waals surface area contributed by atoms with Gasteiger partial charge in [-0.25, -0.2) is 0 Å². The molecule has 0 bridgehead atoms. The first-order valence-corrected chi connectivity index (χ1v) is 6.68. The van der Waals surface area contributed by atoms with Crippen molar-refractivity contribution in [2.45, 2.75) is 31.8 Å². The average molecular weight is 271 g/mol. The molecular formula is C14H13N3O3. The Kier molecular flexibility index (Phi) is 2.40. The standard InChI is InChI=1S/C14H13N3O3/c18-11-4-3-9(14(19)16-11)12-8-2-1-7-5-15-6-10(7)13(8)20-17-12/h1-2,9,15H,3-6H2,(H,16,18,19). The summed E-state index contributed by atoms with van der Waals surface area (Å²) in [6.07, 6.45) is 0.832. The summed E-state index contributed by atoms with van der Waals surface area (Å²) < 4.78 is 5.47. The fraction of sp³-hybridized carbons (Fsp3) is 0.357. The number of hydrogen-bond acceptors (Lipinski definition) is 5. The van der Waals surface area contributed by atoms with E-state index in [1.807, 2.05) is 12.1 Å². The van der Waals surface area contributed by atoms with Gasteiger partial charge in [0.05, 0.1) is 5.92 Å². The molecule has 1 atom stereocenters. The molecule has 6 heteroatoms. The molecule has 1 aromatic carbocycles. The van der Waals surface area contributed by atoms with Gasteiger partial charge in [-0.3, -0.25) is 14.9 Å². The summed E-state index contributed by atoms with van der Waals surface area (Å²) in [5.74, 6) is -0.902. The minimum Gasteiger partial charge on any atom is -0.356 e. The number of rotatable bonds is 1. The normalized spacial score (nSPS) is 22.1. The zero-order valence-electron chi connectivity index (χ0n) is 10.7. The van der Waals surface area contributed by atoms with Crippen LogP contribution in [0.3, 0.4) is 0 Å². The molecule has 0 aliphatic carbocycles. The van der Waals surface area contributed by atoms with Crippen LogP contribution < -0.4 is 10.6 Å². The molecule has 20 heavy (non-hydrogen) atoms. The summed E-state index contributed by atoms with van der Waals surface area (Å²) in [4.78, 5) is 23.2. The molecule has 102 valence electrons. The van der Waals surface area contributed by atoms with E-state index in [1.54, 1.807) is 0 Å². The lowest BCUT2D eigenvalue weighted by Crippen LogP contribution is -2.39. The fourth-order valence-corrected chi connectivity index (χ4v) is 3.01. The first-order valence-electron chi connectivity index (χ1n) is 6.68. The van der Waals surface area contributed by atoms with E-state index in [0.717, 1.165) is 29.6 Å². The van der Waals surface area contributed by atoms with Gasteiger partial charge in [-0.1, -0.05) is 11.2 Å². The van der Waals surface area contributed by atoms with Crippen molar-refractivity contribution in [2.24, 2.45) is 0 Å². The van der Waals surface area contributed by atoms with Crippen LogP contribution in [0.4, 0.5) is 0 Å². The first-order chi connectivity index (χ1) is 9.74. The van der Waals surface area contributed by atoms with Crippen molar-refractivity contribution >= 4 is 22.8 Å². The molecule has 3 heterocycles. The van der Waals surface area contributed by atoms with Crippen LogP contribution in [-0.4, -0.2) is 17.0 Å². The van der Waals surface area contributed by atoms with E-state index in [4.69, 9.17) is 4.52 Å². The lowest BCUT2D eigenvalue weighted by atomic mass is 9.92. The number of piperidine rings is 1. The molecule has 1 fully saturated rings. The van der Waals surface area contributed by atoms with Crippen molar-refractivity contribution in [2.75, 3.05) is 0 Å². The average Bonchev–Trinajstić information content (AvgIpc) is 3.03. The zero-order chi connectivity index (χ0) is 13.7. The summed E-state index contributed by atoms with van der Waals surface area (Å²) in [6, 6.07) is 4.00. The van der Waals surface area contributed by atoms with E-state index in [0.29, 0.717) is 18.5 Å². The number of amides is 2. The quantitative estimate of drug-likeness (QED) is 0.754. The first kappa shape index (κ1) is 11.6. The summed E-state index contributed by atoms with van der Waals surface area (Å²) in [6.45, 7) is 1.59. The van der Waals surface area contributed by atoms with E-state index in [2.05, 4.69) is 15.8 Å². The number of carbonyl (C=O) groups excluding carboxylic acids is 2. The highest BCUT2D eigenvalue weighted by Crippen LogP contribution is 2.34. The van der Waals surface area contributed by atoms with Crippen molar-refractivity contribution < 1.29 is 14.1 Å². The summed E-state index contributed by atoms with van der Waals surface area (Å²) in [5, 5.41) is 10.6. The number of hydrogen-bond donors (Lipinski definition) is 2. The number of aromatic nitrogens is 1. The molecule has 0 radical (unpaired) electrons. The molecule has 1 saturated heterocycles. The molecule has 1 unspecified atom stereocenters. The molecule has 2 aliphatic rings. The van der Waals surface area contributed by atoms with Crippen LogP contribution in [0.1, 0.15) is 35.6 Å². The smallest absolute Gasteiger partial charge is 0.235 e. The number of imide groups is 1. The van der Waals surface area contributed by atoms with Crippen LogP contribution >= 0.6 is 0 Å². The van der Waals surface area contributed by atoms with E-state index >= 15 is 0 Å². The maximum atomic E-state index is 12.0. The largest absolute Gasteiger partial charge is 0.356 e. The second-order valence-corrected chi connectivity index (χ2v) is 5.25. The Balaban J connectivity index is 1.81. The van der Waals surface area contributed by atoms with Gasteiger partial charge >= 0.3 is 0 Å². The molecular weight excluding hydrogens is 258 g/mol. The third kappa shape index (κ3) is 1.58. The maximum Gasteiger partial charge on any atom is 0.235 e. The van der Waals surface area contributed by atoms with Gasteiger partial charge in [-0.15, -0.1) is 0 Å². The Labute approximate surface area is 114 Å². The van der Waals surface area contributed by atoms with Gasteiger partial charge in [0.25, 0.3) is 0 Å². The van der Waals surface area contributed by atoms with Gasteiger partial charge in [-0.2, -0.15) is 0 Å². The molecule has 2 N–H and O–H groups in total. The van der Waals surface area contributed by atoms with E-state index in [9.17, 15) is 9.59 Å². The Hall–Kier alpha value is -2.21. The van der Waals surface area contributed by atoms with Crippen LogP contribution in [-0.2, 0) is 22.7 Å². The Morgan fingerprint density at radius 3 is 3.00 bits per heavy atom. The molecule has 4 rings (SSSR count). The minimum absolute atomic E-state index is 0.218.